The zero-order chi connectivity index (χ0) is 14.3. The number of rotatable bonds is 8. The Morgan fingerprint density at radius 1 is 1.39 bits per heavy atom. The number of hydrogen-bond acceptors (Lipinski definition) is 4. The number of aliphatic hydroxyl groups excluding tert-OH is 2. The van der Waals surface area contributed by atoms with Crippen LogP contribution in [0.5, 0.6) is 0 Å². The number of nitrogens with one attached hydrogen (secondary N) is 1. The maximum absolute atomic E-state index is 11.6. The van der Waals surface area contributed by atoms with Gasteiger partial charge in [0.2, 0.25) is 5.91 Å². The van der Waals surface area contributed by atoms with Crippen LogP contribution in [0.1, 0.15) is 33.6 Å². The third kappa shape index (κ3) is 6.14. The van der Waals surface area contributed by atoms with Crippen LogP contribution in [0.3, 0.4) is 0 Å². The van der Waals surface area contributed by atoms with Gasteiger partial charge in [-0.3, -0.25) is 4.79 Å². The first-order valence-corrected chi connectivity index (χ1v) is 6.32. The molecule has 106 valence electrons. The molecule has 5 nitrogen and oxygen atoms in total. The maximum Gasteiger partial charge on any atom is 0.237 e. The van der Waals surface area contributed by atoms with Crippen molar-refractivity contribution < 1.29 is 15.0 Å². The van der Waals surface area contributed by atoms with Crippen molar-refractivity contribution in [1.29, 1.82) is 0 Å². The highest BCUT2D eigenvalue weighted by molar-refractivity contribution is 5.81. The molecule has 0 aromatic carbocycles. The van der Waals surface area contributed by atoms with E-state index < -0.39 is 24.3 Å². The van der Waals surface area contributed by atoms with E-state index in [9.17, 15) is 15.0 Å². The lowest BCUT2D eigenvalue weighted by molar-refractivity contribution is -0.124. The van der Waals surface area contributed by atoms with Gasteiger partial charge in [0.25, 0.3) is 0 Å². The third-order valence-electron chi connectivity index (χ3n) is 2.75. The molecule has 0 saturated carbocycles. The van der Waals surface area contributed by atoms with Gasteiger partial charge in [0.05, 0.1) is 24.3 Å². The van der Waals surface area contributed by atoms with E-state index in [1.165, 1.54) is 0 Å². The van der Waals surface area contributed by atoms with Gasteiger partial charge < -0.3 is 21.3 Å². The quantitative estimate of drug-likeness (QED) is 0.466. The first kappa shape index (κ1) is 17.1. The van der Waals surface area contributed by atoms with E-state index in [0.29, 0.717) is 12.8 Å². The molecule has 0 aliphatic carbocycles. The highest BCUT2D eigenvalue weighted by atomic mass is 16.3. The third-order valence-corrected chi connectivity index (χ3v) is 2.75. The Balaban J connectivity index is 4.25. The highest BCUT2D eigenvalue weighted by Crippen LogP contribution is 2.10. The van der Waals surface area contributed by atoms with Crippen molar-refractivity contribution >= 4 is 5.91 Å². The van der Waals surface area contributed by atoms with Crippen molar-refractivity contribution in [1.82, 2.24) is 5.32 Å². The van der Waals surface area contributed by atoms with E-state index in [4.69, 9.17) is 5.73 Å². The summed E-state index contributed by atoms with van der Waals surface area (Å²) < 4.78 is 0. The van der Waals surface area contributed by atoms with Gasteiger partial charge in [-0.05, 0) is 25.7 Å². The number of amides is 1. The van der Waals surface area contributed by atoms with Crippen LogP contribution in [0.25, 0.3) is 0 Å². The minimum absolute atomic E-state index is 0.278. The molecule has 0 unspecified atom stereocenters. The molecule has 1 amide bonds. The smallest absolute Gasteiger partial charge is 0.237 e. The van der Waals surface area contributed by atoms with Crippen molar-refractivity contribution in [2.24, 2.45) is 11.7 Å². The van der Waals surface area contributed by atoms with E-state index in [2.05, 4.69) is 11.9 Å². The summed E-state index contributed by atoms with van der Waals surface area (Å²) in [6, 6.07) is -1.21. The SMILES string of the molecule is C=CC[C@H](N)C(=O)N[C@@H](C)[C@@H](O)[C@@H](O)CC(C)C. The molecule has 0 rings (SSSR count). The van der Waals surface area contributed by atoms with Crippen molar-refractivity contribution in [2.45, 2.75) is 57.9 Å². The van der Waals surface area contributed by atoms with E-state index in [-0.39, 0.29) is 11.8 Å². The minimum atomic E-state index is -0.993. The standard InChI is InChI=1S/C13H26N2O3/c1-5-6-10(14)13(18)15-9(4)12(17)11(16)7-8(2)3/h5,8-12,16-17H,1,6-7,14H2,2-4H3,(H,15,18)/t9-,10-,11-,12+/m0/s1. The van der Waals surface area contributed by atoms with Crippen LogP contribution in [0.4, 0.5) is 0 Å². The lowest BCUT2D eigenvalue weighted by Crippen LogP contribution is -2.51. The Kier molecular flexibility index (Phi) is 7.82. The maximum atomic E-state index is 11.6. The molecule has 0 saturated heterocycles. The molecule has 4 atom stereocenters. The topological polar surface area (TPSA) is 95.6 Å². The highest BCUT2D eigenvalue weighted by Gasteiger charge is 2.26. The van der Waals surface area contributed by atoms with E-state index in [0.717, 1.165) is 0 Å². The van der Waals surface area contributed by atoms with Crippen LogP contribution < -0.4 is 11.1 Å². The molecule has 0 heterocycles. The van der Waals surface area contributed by atoms with Crippen LogP contribution in [-0.4, -0.2) is 40.4 Å². The summed E-state index contributed by atoms with van der Waals surface area (Å²) in [5, 5.41) is 22.2. The van der Waals surface area contributed by atoms with E-state index in [1.807, 2.05) is 13.8 Å². The average Bonchev–Trinajstić information content (AvgIpc) is 2.27. The zero-order valence-corrected chi connectivity index (χ0v) is 11.5. The van der Waals surface area contributed by atoms with Gasteiger partial charge in [0.1, 0.15) is 0 Å². The van der Waals surface area contributed by atoms with Crippen molar-refractivity contribution in [2.75, 3.05) is 0 Å². The Labute approximate surface area is 109 Å². The molecule has 18 heavy (non-hydrogen) atoms. The lowest BCUT2D eigenvalue weighted by Gasteiger charge is -2.26. The summed E-state index contributed by atoms with van der Waals surface area (Å²) in [6.45, 7) is 9.07. The Morgan fingerprint density at radius 2 is 1.94 bits per heavy atom. The lowest BCUT2D eigenvalue weighted by atomic mass is 9.98. The van der Waals surface area contributed by atoms with Crippen molar-refractivity contribution in [3.8, 4) is 0 Å². The first-order chi connectivity index (χ1) is 8.29. The molecule has 5 N–H and O–H groups in total. The second-order valence-electron chi connectivity index (χ2n) is 5.12. The number of hydrogen-bond donors (Lipinski definition) is 4. The Morgan fingerprint density at radius 3 is 2.39 bits per heavy atom. The monoisotopic (exact) mass is 258 g/mol. The van der Waals surface area contributed by atoms with Crippen LogP contribution in [0.2, 0.25) is 0 Å². The van der Waals surface area contributed by atoms with Crippen molar-refractivity contribution in [3.63, 3.8) is 0 Å². The number of nitrogens with two attached hydrogens (primary N) is 1. The van der Waals surface area contributed by atoms with Crippen LogP contribution in [0, 0.1) is 5.92 Å². The molecule has 0 bridgehead atoms. The fourth-order valence-electron chi connectivity index (χ4n) is 1.66. The summed E-state index contributed by atoms with van der Waals surface area (Å²) in [6.07, 6.45) is 0.589. The summed E-state index contributed by atoms with van der Waals surface area (Å²) >= 11 is 0. The van der Waals surface area contributed by atoms with Crippen LogP contribution >= 0.6 is 0 Å². The average molecular weight is 258 g/mol. The van der Waals surface area contributed by atoms with Gasteiger partial charge in [0.15, 0.2) is 0 Å². The predicted octanol–water partition coefficient (Wildman–Crippen LogP) is 0.162. The summed E-state index contributed by atoms with van der Waals surface area (Å²) in [5.41, 5.74) is 5.61. The molecular weight excluding hydrogens is 232 g/mol. The molecule has 0 aliphatic rings. The predicted molar refractivity (Wildman–Crippen MR) is 71.9 cm³/mol. The van der Waals surface area contributed by atoms with Gasteiger partial charge in [0, 0.05) is 0 Å². The molecule has 0 aromatic rings. The van der Waals surface area contributed by atoms with Crippen LogP contribution in [0.15, 0.2) is 12.7 Å². The van der Waals surface area contributed by atoms with E-state index >= 15 is 0 Å². The number of aliphatic hydroxyl groups is 2. The first-order valence-electron chi connectivity index (χ1n) is 6.32. The molecule has 0 spiro atoms. The number of carbonyl (C=O) groups excluding carboxylic acids is 1. The Hall–Kier alpha value is -0.910. The molecule has 0 aromatic heterocycles. The summed E-state index contributed by atoms with van der Waals surface area (Å²) in [7, 11) is 0. The fraction of sp³-hybridized carbons (Fsp3) is 0.769. The van der Waals surface area contributed by atoms with E-state index in [1.54, 1.807) is 13.0 Å². The molecular formula is C13H26N2O3. The fourth-order valence-corrected chi connectivity index (χ4v) is 1.66. The summed E-state index contributed by atoms with van der Waals surface area (Å²) in [5.74, 6) is -0.0706. The Bertz CT molecular complexity index is 269. The molecule has 0 aliphatic heterocycles. The summed E-state index contributed by atoms with van der Waals surface area (Å²) in [4.78, 5) is 11.6. The van der Waals surface area contributed by atoms with Crippen molar-refractivity contribution in [3.05, 3.63) is 12.7 Å². The largest absolute Gasteiger partial charge is 0.390 e. The minimum Gasteiger partial charge on any atom is -0.390 e. The second kappa shape index (κ2) is 8.24. The van der Waals surface area contributed by atoms with Gasteiger partial charge in [-0.2, -0.15) is 0 Å². The molecule has 0 fully saturated rings. The zero-order valence-electron chi connectivity index (χ0n) is 11.5. The normalized spacial score (nSPS) is 17.9. The molecule has 0 radical (unpaired) electrons. The van der Waals surface area contributed by atoms with Gasteiger partial charge in [-0.15, -0.1) is 6.58 Å². The van der Waals surface area contributed by atoms with Crippen LogP contribution in [-0.2, 0) is 4.79 Å². The number of carbonyl (C=O) groups is 1. The van der Waals surface area contributed by atoms with Gasteiger partial charge in [-0.1, -0.05) is 19.9 Å². The second-order valence-corrected chi connectivity index (χ2v) is 5.12. The van der Waals surface area contributed by atoms with Gasteiger partial charge in [-0.25, -0.2) is 0 Å². The molecule has 5 heteroatoms. The van der Waals surface area contributed by atoms with Gasteiger partial charge >= 0.3 is 0 Å².